The summed E-state index contributed by atoms with van der Waals surface area (Å²) in [6, 6.07) is 3.79. The molecule has 76 valence electrons. The Hall–Kier alpha value is -1.55. The van der Waals surface area contributed by atoms with Gasteiger partial charge in [0, 0.05) is 5.56 Å². The van der Waals surface area contributed by atoms with Crippen LogP contribution in [0.15, 0.2) is 18.2 Å². The number of aliphatic carboxylic acids is 1. The van der Waals surface area contributed by atoms with Crippen molar-refractivity contribution >= 4 is 5.97 Å². The van der Waals surface area contributed by atoms with Gasteiger partial charge in [0.1, 0.15) is 11.8 Å². The maximum Gasteiger partial charge on any atom is 0.325 e. The van der Waals surface area contributed by atoms with Crippen LogP contribution in [0.25, 0.3) is 0 Å². The van der Waals surface area contributed by atoms with Crippen molar-refractivity contribution < 1.29 is 15.0 Å². The number of para-hydroxylation sites is 1. The van der Waals surface area contributed by atoms with E-state index < -0.39 is 12.0 Å². The molecule has 0 spiro atoms. The van der Waals surface area contributed by atoms with E-state index >= 15 is 0 Å². The number of hydrogen-bond acceptors (Lipinski definition) is 3. The lowest BCUT2D eigenvalue weighted by molar-refractivity contribution is -0.138. The smallest absolute Gasteiger partial charge is 0.325 e. The standard InChI is InChI=1S/C10H13NO3/c1-2-6-4-3-5-7(9(6)12)8(11)10(13)14/h3-5,8,12H,2,11H2,1H3,(H,13,14)/t8-/m0/s1. The topological polar surface area (TPSA) is 83.6 Å². The van der Waals surface area contributed by atoms with Crippen molar-refractivity contribution in [3.8, 4) is 5.75 Å². The Bertz CT molecular complexity index is 349. The monoisotopic (exact) mass is 195 g/mol. The predicted molar refractivity (Wildman–Crippen MR) is 52.0 cm³/mol. The van der Waals surface area contributed by atoms with E-state index in [2.05, 4.69) is 0 Å². The molecule has 0 aliphatic carbocycles. The first-order valence-electron chi connectivity index (χ1n) is 4.37. The number of aromatic hydroxyl groups is 1. The van der Waals surface area contributed by atoms with Crippen molar-refractivity contribution in [2.24, 2.45) is 5.73 Å². The van der Waals surface area contributed by atoms with Gasteiger partial charge in [0.2, 0.25) is 0 Å². The molecule has 0 heterocycles. The lowest BCUT2D eigenvalue weighted by atomic mass is 10.0. The van der Waals surface area contributed by atoms with Crippen molar-refractivity contribution in [1.82, 2.24) is 0 Å². The lowest BCUT2D eigenvalue weighted by Crippen LogP contribution is -2.20. The van der Waals surface area contributed by atoms with Gasteiger partial charge in [-0.25, -0.2) is 0 Å². The fourth-order valence-electron chi connectivity index (χ4n) is 1.28. The highest BCUT2D eigenvalue weighted by atomic mass is 16.4. The summed E-state index contributed by atoms with van der Waals surface area (Å²) in [5.74, 6) is -1.15. The first-order valence-corrected chi connectivity index (χ1v) is 4.37. The van der Waals surface area contributed by atoms with E-state index in [1.54, 1.807) is 12.1 Å². The fraction of sp³-hybridized carbons (Fsp3) is 0.300. The molecule has 1 rings (SSSR count). The highest BCUT2D eigenvalue weighted by Gasteiger charge is 2.18. The molecule has 4 N–H and O–H groups in total. The number of phenols is 1. The van der Waals surface area contributed by atoms with Gasteiger partial charge in [0.05, 0.1) is 0 Å². The highest BCUT2D eigenvalue weighted by Crippen LogP contribution is 2.27. The van der Waals surface area contributed by atoms with E-state index in [1.165, 1.54) is 6.07 Å². The van der Waals surface area contributed by atoms with Crippen molar-refractivity contribution in [2.75, 3.05) is 0 Å². The summed E-state index contributed by atoms with van der Waals surface area (Å²) in [6.07, 6.45) is 0.645. The quantitative estimate of drug-likeness (QED) is 0.672. The van der Waals surface area contributed by atoms with Gasteiger partial charge in [-0.1, -0.05) is 25.1 Å². The van der Waals surface area contributed by atoms with E-state index in [0.717, 1.165) is 0 Å². The molecule has 0 saturated carbocycles. The molecule has 1 atom stereocenters. The van der Waals surface area contributed by atoms with Crippen LogP contribution in [0.2, 0.25) is 0 Å². The first-order chi connectivity index (χ1) is 6.57. The predicted octanol–water partition coefficient (Wildman–Crippen LogP) is 1.04. The Balaban J connectivity index is 3.15. The van der Waals surface area contributed by atoms with Crippen molar-refractivity contribution in [2.45, 2.75) is 19.4 Å². The molecule has 0 unspecified atom stereocenters. The minimum Gasteiger partial charge on any atom is -0.507 e. The SMILES string of the molecule is CCc1cccc([C@H](N)C(=O)O)c1O. The number of nitrogens with two attached hydrogens (primary N) is 1. The molecule has 0 bridgehead atoms. The second-order valence-electron chi connectivity index (χ2n) is 3.02. The number of aryl methyl sites for hydroxylation is 1. The van der Waals surface area contributed by atoms with E-state index in [9.17, 15) is 9.90 Å². The third-order valence-electron chi connectivity index (χ3n) is 2.13. The van der Waals surface area contributed by atoms with Crippen LogP contribution >= 0.6 is 0 Å². The highest BCUT2D eigenvalue weighted by molar-refractivity contribution is 5.76. The molecule has 0 fully saturated rings. The molecule has 0 saturated heterocycles. The number of carbonyl (C=O) groups is 1. The molecule has 0 radical (unpaired) electrons. The van der Waals surface area contributed by atoms with Gasteiger partial charge in [0.25, 0.3) is 0 Å². The van der Waals surface area contributed by atoms with E-state index in [0.29, 0.717) is 12.0 Å². The van der Waals surface area contributed by atoms with Gasteiger partial charge in [0.15, 0.2) is 0 Å². The van der Waals surface area contributed by atoms with Crippen LogP contribution in [-0.2, 0) is 11.2 Å². The summed E-state index contributed by atoms with van der Waals surface area (Å²) in [4.78, 5) is 10.6. The van der Waals surface area contributed by atoms with Crippen LogP contribution in [0.5, 0.6) is 5.75 Å². The largest absolute Gasteiger partial charge is 0.507 e. The number of carboxylic acids is 1. The van der Waals surface area contributed by atoms with Crippen LogP contribution in [0, 0.1) is 0 Å². The Morgan fingerprint density at radius 1 is 1.57 bits per heavy atom. The molecule has 1 aromatic carbocycles. The van der Waals surface area contributed by atoms with Crippen LogP contribution in [-0.4, -0.2) is 16.2 Å². The maximum absolute atomic E-state index is 10.6. The summed E-state index contributed by atoms with van der Waals surface area (Å²) in [5, 5.41) is 18.4. The zero-order chi connectivity index (χ0) is 10.7. The van der Waals surface area contributed by atoms with Gasteiger partial charge >= 0.3 is 5.97 Å². The van der Waals surface area contributed by atoms with Crippen molar-refractivity contribution in [3.63, 3.8) is 0 Å². The lowest BCUT2D eigenvalue weighted by Gasteiger charge is -2.11. The molecular formula is C10H13NO3. The number of hydrogen-bond donors (Lipinski definition) is 3. The molecule has 4 nitrogen and oxygen atoms in total. The third-order valence-corrected chi connectivity index (χ3v) is 2.13. The van der Waals surface area contributed by atoms with Gasteiger partial charge in [-0.2, -0.15) is 0 Å². The minimum absolute atomic E-state index is 0.00935. The van der Waals surface area contributed by atoms with E-state index in [1.807, 2.05) is 6.92 Å². The number of rotatable bonds is 3. The zero-order valence-electron chi connectivity index (χ0n) is 7.90. The molecule has 0 aliphatic rings. The Morgan fingerprint density at radius 2 is 2.21 bits per heavy atom. The minimum atomic E-state index is -1.17. The van der Waals surface area contributed by atoms with E-state index in [4.69, 9.17) is 10.8 Å². The van der Waals surface area contributed by atoms with Gasteiger partial charge in [-0.3, -0.25) is 4.79 Å². The Morgan fingerprint density at radius 3 is 2.71 bits per heavy atom. The van der Waals surface area contributed by atoms with E-state index in [-0.39, 0.29) is 11.3 Å². The second-order valence-corrected chi connectivity index (χ2v) is 3.02. The number of phenolic OH excluding ortho intramolecular Hbond substituents is 1. The third kappa shape index (κ3) is 1.85. The summed E-state index contributed by atoms with van der Waals surface area (Å²) < 4.78 is 0. The zero-order valence-corrected chi connectivity index (χ0v) is 7.90. The Labute approximate surface area is 82.0 Å². The summed E-state index contributed by atoms with van der Waals surface area (Å²) >= 11 is 0. The molecule has 0 aliphatic heterocycles. The average Bonchev–Trinajstić information content (AvgIpc) is 2.17. The van der Waals surface area contributed by atoms with Crippen molar-refractivity contribution in [3.05, 3.63) is 29.3 Å². The fourth-order valence-corrected chi connectivity index (χ4v) is 1.28. The van der Waals surface area contributed by atoms with Crippen LogP contribution in [0.3, 0.4) is 0 Å². The van der Waals surface area contributed by atoms with Gasteiger partial charge in [-0.05, 0) is 12.0 Å². The second kappa shape index (κ2) is 4.11. The van der Waals surface area contributed by atoms with Crippen LogP contribution in [0.1, 0.15) is 24.1 Å². The molecule has 0 amide bonds. The molecular weight excluding hydrogens is 182 g/mol. The summed E-state index contributed by atoms with van der Waals surface area (Å²) in [7, 11) is 0. The number of benzene rings is 1. The Kier molecular flexibility index (Phi) is 3.09. The molecule has 14 heavy (non-hydrogen) atoms. The summed E-state index contributed by atoms with van der Waals surface area (Å²) in [6.45, 7) is 1.88. The van der Waals surface area contributed by atoms with Crippen molar-refractivity contribution in [1.29, 1.82) is 0 Å². The van der Waals surface area contributed by atoms with Crippen LogP contribution < -0.4 is 5.73 Å². The molecule has 4 heteroatoms. The molecule has 0 aromatic heterocycles. The van der Waals surface area contributed by atoms with Gasteiger partial charge < -0.3 is 15.9 Å². The first kappa shape index (κ1) is 10.5. The normalized spacial score (nSPS) is 12.4. The maximum atomic E-state index is 10.6. The molecule has 1 aromatic rings. The van der Waals surface area contributed by atoms with Crippen LogP contribution in [0.4, 0.5) is 0 Å². The number of carboxylic acid groups (broad SMARTS) is 1. The average molecular weight is 195 g/mol. The summed E-state index contributed by atoms with van der Waals surface area (Å²) in [5.41, 5.74) is 6.37. The van der Waals surface area contributed by atoms with Gasteiger partial charge in [-0.15, -0.1) is 0 Å².